The lowest BCUT2D eigenvalue weighted by atomic mass is 9.71. The molecule has 2 bridgehead atoms. The number of fused-ring (bicyclic) bond motifs is 1. The fourth-order valence-corrected chi connectivity index (χ4v) is 8.71. The average molecular weight is 518 g/mol. The number of hydrogen-bond donors (Lipinski definition) is 2. The summed E-state index contributed by atoms with van der Waals surface area (Å²) in [6, 6.07) is 7.87. The van der Waals surface area contributed by atoms with E-state index in [0.717, 1.165) is 25.1 Å². The maximum absolute atomic E-state index is 14.1. The lowest BCUT2D eigenvalue weighted by molar-refractivity contribution is -0.154. The van der Waals surface area contributed by atoms with Crippen molar-refractivity contribution >= 4 is 29.5 Å². The maximum Gasteiger partial charge on any atom is 0.310 e. The molecule has 0 aromatic heterocycles. The van der Waals surface area contributed by atoms with Gasteiger partial charge in [-0.1, -0.05) is 30.3 Å². The first-order chi connectivity index (χ1) is 17.5. The Balaban J connectivity index is 1.45. The van der Waals surface area contributed by atoms with Crippen LogP contribution in [-0.4, -0.2) is 101 Å². The Morgan fingerprint density at radius 3 is 2.72 bits per heavy atom. The molecule has 196 valence electrons. The van der Waals surface area contributed by atoms with Gasteiger partial charge in [0.1, 0.15) is 6.04 Å². The summed E-state index contributed by atoms with van der Waals surface area (Å²) in [7, 11) is 0. The Morgan fingerprint density at radius 1 is 1.28 bits per heavy atom. The van der Waals surface area contributed by atoms with Crippen LogP contribution in [-0.2, 0) is 23.9 Å². The van der Waals surface area contributed by atoms with Crippen molar-refractivity contribution in [2.24, 2.45) is 11.8 Å². The number of nitrogens with one attached hydrogen (secondary N) is 1. The highest BCUT2D eigenvalue weighted by atomic mass is 32.2. The predicted molar refractivity (Wildman–Crippen MR) is 134 cm³/mol. The molecule has 2 N–H and O–H groups in total. The molecule has 6 atom stereocenters. The van der Waals surface area contributed by atoms with Crippen molar-refractivity contribution in [2.75, 3.05) is 52.6 Å². The van der Waals surface area contributed by atoms with Gasteiger partial charge in [-0.2, -0.15) is 0 Å². The summed E-state index contributed by atoms with van der Waals surface area (Å²) >= 11 is 1.61. The van der Waals surface area contributed by atoms with E-state index in [9.17, 15) is 19.5 Å². The van der Waals surface area contributed by atoms with E-state index in [1.165, 1.54) is 0 Å². The van der Waals surface area contributed by atoms with Gasteiger partial charge in [-0.3, -0.25) is 19.3 Å². The van der Waals surface area contributed by atoms with Crippen LogP contribution >= 0.6 is 11.8 Å². The van der Waals surface area contributed by atoms with Gasteiger partial charge in [-0.25, -0.2) is 0 Å². The molecule has 2 amide bonds. The summed E-state index contributed by atoms with van der Waals surface area (Å²) in [5.41, 5.74) is 0.767. The van der Waals surface area contributed by atoms with Crippen LogP contribution in [0, 0.1) is 11.8 Å². The lowest BCUT2D eigenvalue weighted by Gasteiger charge is -2.37. The van der Waals surface area contributed by atoms with E-state index in [0.29, 0.717) is 32.7 Å². The van der Waals surface area contributed by atoms with Gasteiger partial charge in [0.25, 0.3) is 0 Å². The summed E-state index contributed by atoms with van der Waals surface area (Å²) in [6.07, 6.45) is 1.44. The number of amides is 2. The maximum atomic E-state index is 14.1. The third kappa shape index (κ3) is 4.31. The molecule has 4 fully saturated rings. The SMILES string of the molecule is CCOC(=O)[C@@H]1[C@@H]2CCC3(S2)C(C(=O)NCCN2CCOCC2)N([C@H](CO)c2ccccc2)C(=O)[C@H]13. The molecule has 2 unspecified atom stereocenters. The van der Waals surface area contributed by atoms with Crippen molar-refractivity contribution in [1.82, 2.24) is 15.1 Å². The minimum Gasteiger partial charge on any atom is -0.466 e. The van der Waals surface area contributed by atoms with Gasteiger partial charge < -0.3 is 24.8 Å². The number of thioether (sulfide) groups is 1. The van der Waals surface area contributed by atoms with Crippen LogP contribution in [0.4, 0.5) is 0 Å². The van der Waals surface area contributed by atoms with Crippen molar-refractivity contribution in [3.8, 4) is 0 Å². The monoisotopic (exact) mass is 517 g/mol. The second-order valence-corrected chi connectivity index (χ2v) is 11.5. The van der Waals surface area contributed by atoms with Crippen molar-refractivity contribution in [3.63, 3.8) is 0 Å². The Bertz CT molecular complexity index is 974. The second kappa shape index (κ2) is 10.7. The van der Waals surface area contributed by atoms with Crippen molar-refractivity contribution in [3.05, 3.63) is 35.9 Å². The summed E-state index contributed by atoms with van der Waals surface area (Å²) < 4.78 is 10.1. The number of aliphatic hydroxyl groups excluding tert-OH is 1. The minimum atomic E-state index is -0.772. The number of aliphatic hydroxyl groups is 1. The topological polar surface area (TPSA) is 108 Å². The molecule has 1 aromatic rings. The standard InChI is InChI=1S/C26H35N3O6S/c1-2-35-25(33)20-19-8-9-26(36-19)21(20)24(32)29(18(16-30)17-6-4-3-5-7-17)22(26)23(31)27-10-11-28-12-14-34-15-13-28/h3-7,18-22,30H,2,8-16H2,1H3,(H,27,31)/t18-,19+,20-,21+,22?,26?/m1/s1. The van der Waals surface area contributed by atoms with Crippen LogP contribution in [0.25, 0.3) is 0 Å². The number of rotatable bonds is 9. The highest BCUT2D eigenvalue weighted by Crippen LogP contribution is 2.67. The fourth-order valence-electron chi connectivity index (χ4n) is 6.52. The zero-order chi connectivity index (χ0) is 25.3. The Labute approximate surface area is 215 Å². The number of ether oxygens (including phenoxy) is 2. The smallest absolute Gasteiger partial charge is 0.310 e. The van der Waals surface area contributed by atoms with Gasteiger partial charge in [-0.15, -0.1) is 11.8 Å². The molecule has 4 aliphatic rings. The number of carbonyl (C=O) groups is 3. The van der Waals surface area contributed by atoms with E-state index in [2.05, 4.69) is 10.2 Å². The van der Waals surface area contributed by atoms with Gasteiger partial charge in [-0.05, 0) is 25.3 Å². The van der Waals surface area contributed by atoms with Crippen molar-refractivity contribution in [2.45, 2.75) is 41.8 Å². The molecule has 5 rings (SSSR count). The first-order valence-electron chi connectivity index (χ1n) is 12.9. The number of likely N-dealkylation sites (tertiary alicyclic amines) is 1. The molecule has 36 heavy (non-hydrogen) atoms. The van der Waals surface area contributed by atoms with Gasteiger partial charge in [0.15, 0.2) is 0 Å². The third-order valence-corrected chi connectivity index (χ3v) is 10.0. The van der Waals surface area contributed by atoms with E-state index in [-0.39, 0.29) is 36.2 Å². The molecule has 0 radical (unpaired) electrons. The molecule has 1 spiro atoms. The summed E-state index contributed by atoms with van der Waals surface area (Å²) in [4.78, 5) is 44.8. The fraction of sp³-hybridized carbons (Fsp3) is 0.654. The van der Waals surface area contributed by atoms with E-state index >= 15 is 0 Å². The van der Waals surface area contributed by atoms with Crippen LogP contribution in [0.1, 0.15) is 31.4 Å². The Kier molecular flexibility index (Phi) is 7.57. The summed E-state index contributed by atoms with van der Waals surface area (Å²) in [5.74, 6) is -2.01. The van der Waals surface area contributed by atoms with Crippen LogP contribution in [0.15, 0.2) is 30.3 Å². The zero-order valence-electron chi connectivity index (χ0n) is 20.6. The van der Waals surface area contributed by atoms with E-state index in [1.54, 1.807) is 23.6 Å². The van der Waals surface area contributed by atoms with Gasteiger partial charge in [0, 0.05) is 31.4 Å². The quantitative estimate of drug-likeness (QED) is 0.464. The van der Waals surface area contributed by atoms with E-state index in [4.69, 9.17) is 9.47 Å². The third-order valence-electron chi connectivity index (χ3n) is 8.07. The number of esters is 1. The van der Waals surface area contributed by atoms with Crippen LogP contribution in [0.3, 0.4) is 0 Å². The zero-order valence-corrected chi connectivity index (χ0v) is 21.5. The minimum absolute atomic E-state index is 0.0342. The first-order valence-corrected chi connectivity index (χ1v) is 13.8. The Morgan fingerprint density at radius 2 is 2.03 bits per heavy atom. The highest BCUT2D eigenvalue weighted by molar-refractivity contribution is 8.02. The van der Waals surface area contributed by atoms with E-state index < -0.39 is 28.7 Å². The number of carbonyl (C=O) groups excluding carboxylic acids is 3. The molecule has 10 heteroatoms. The number of morpholine rings is 1. The number of nitrogens with zero attached hydrogens (tertiary/aromatic N) is 2. The van der Waals surface area contributed by atoms with E-state index in [1.807, 2.05) is 30.3 Å². The van der Waals surface area contributed by atoms with Crippen LogP contribution < -0.4 is 5.32 Å². The second-order valence-electron chi connectivity index (χ2n) is 9.91. The van der Waals surface area contributed by atoms with Gasteiger partial charge in [0.05, 0.1) is 49.1 Å². The van der Waals surface area contributed by atoms with Crippen molar-refractivity contribution < 1.29 is 29.0 Å². The van der Waals surface area contributed by atoms with Gasteiger partial charge in [0.2, 0.25) is 11.8 Å². The molecule has 9 nitrogen and oxygen atoms in total. The van der Waals surface area contributed by atoms with Gasteiger partial charge >= 0.3 is 5.97 Å². The molecular formula is C26H35N3O6S. The number of benzene rings is 1. The highest BCUT2D eigenvalue weighted by Gasteiger charge is 2.74. The van der Waals surface area contributed by atoms with Crippen LogP contribution in [0.2, 0.25) is 0 Å². The summed E-state index contributed by atoms with van der Waals surface area (Å²) in [5, 5.41) is 13.5. The summed E-state index contributed by atoms with van der Waals surface area (Å²) in [6.45, 7) is 5.90. The van der Waals surface area contributed by atoms with Crippen LogP contribution in [0.5, 0.6) is 0 Å². The first kappa shape index (κ1) is 25.5. The predicted octanol–water partition coefficient (Wildman–Crippen LogP) is 0.823. The average Bonchev–Trinajstić information content (AvgIpc) is 3.54. The molecule has 1 aromatic carbocycles. The molecule has 4 saturated heterocycles. The Hall–Kier alpha value is -2.14. The number of hydrogen-bond acceptors (Lipinski definition) is 8. The lowest BCUT2D eigenvalue weighted by Crippen LogP contribution is -2.55. The molecule has 4 heterocycles. The molecule has 0 saturated carbocycles. The largest absolute Gasteiger partial charge is 0.466 e. The molecular weight excluding hydrogens is 482 g/mol. The normalized spacial score (nSPS) is 32.4. The van der Waals surface area contributed by atoms with Crippen molar-refractivity contribution in [1.29, 1.82) is 0 Å². The molecule has 0 aliphatic carbocycles. The molecule has 4 aliphatic heterocycles.